The molecule has 1 aromatic heterocycles. The van der Waals surface area contributed by atoms with Gasteiger partial charge in [-0.25, -0.2) is 0 Å². The molecule has 0 atom stereocenters. The molecule has 0 aliphatic rings. The lowest BCUT2D eigenvalue weighted by Crippen LogP contribution is -3.00. The largest absolute Gasteiger partial charge is 1.00 e. The average Bonchev–Trinajstić information content (AvgIpc) is 2.73. The number of halogens is 1. The highest BCUT2D eigenvalue weighted by atomic mass is 35.5. The second kappa shape index (κ2) is 6.10. The van der Waals surface area contributed by atoms with E-state index < -0.39 is 0 Å². The summed E-state index contributed by atoms with van der Waals surface area (Å²) in [5, 5.41) is 3.76. The number of ether oxygens (including phenoxy) is 1. The predicted molar refractivity (Wildman–Crippen MR) is 57.8 cm³/mol. The van der Waals surface area contributed by atoms with Gasteiger partial charge >= 0.3 is 0 Å². The smallest absolute Gasteiger partial charge is 0.293 e. The number of aryl methyl sites for hydroxylation is 2. The van der Waals surface area contributed by atoms with Crippen LogP contribution in [0.25, 0.3) is 0 Å². The molecule has 17 heavy (non-hydrogen) atoms. The summed E-state index contributed by atoms with van der Waals surface area (Å²) in [6.45, 7) is 0.709. The number of methoxy groups -OCH3 is 1. The first-order chi connectivity index (χ1) is 7.79. The molecule has 1 aromatic carbocycles. The fourth-order valence-corrected chi connectivity index (χ4v) is 1.54. The molecule has 0 bridgehead atoms. The van der Waals surface area contributed by atoms with Crippen molar-refractivity contribution in [2.75, 3.05) is 12.8 Å². The van der Waals surface area contributed by atoms with Crippen molar-refractivity contribution in [3.8, 4) is 5.75 Å². The lowest BCUT2D eigenvalue weighted by molar-refractivity contribution is -0.761. The second-order valence-corrected chi connectivity index (χ2v) is 3.43. The Hall–Kier alpha value is -1.75. The lowest BCUT2D eigenvalue weighted by atomic mass is 10.1. The van der Waals surface area contributed by atoms with Gasteiger partial charge in [0.2, 0.25) is 5.27 Å². The van der Waals surface area contributed by atoms with Crippen LogP contribution in [0.4, 0.5) is 5.88 Å². The van der Waals surface area contributed by atoms with Gasteiger partial charge in [0.15, 0.2) is 6.54 Å². The lowest BCUT2D eigenvalue weighted by Gasteiger charge is -2.04. The molecule has 0 radical (unpaired) electrons. The zero-order valence-corrected chi connectivity index (χ0v) is 10.2. The highest BCUT2D eigenvalue weighted by Crippen LogP contribution is 2.17. The molecule has 0 fully saturated rings. The summed E-state index contributed by atoms with van der Waals surface area (Å²) < 4.78 is 11.7. The first kappa shape index (κ1) is 13.3. The molecule has 1 heterocycles. The Morgan fingerprint density at radius 3 is 2.82 bits per heavy atom. The number of anilines is 1. The number of rotatable bonds is 4. The van der Waals surface area contributed by atoms with Gasteiger partial charge in [-0.15, -0.1) is 0 Å². The minimum Gasteiger partial charge on any atom is -1.00 e. The van der Waals surface area contributed by atoms with Crippen LogP contribution in [0.5, 0.6) is 5.75 Å². The molecule has 0 unspecified atom stereocenters. The summed E-state index contributed by atoms with van der Waals surface area (Å²) in [6.07, 6.45) is 2.48. The molecule has 0 amide bonds. The molecular weight excluding hydrogens is 242 g/mol. The van der Waals surface area contributed by atoms with Crippen molar-refractivity contribution in [2.45, 2.75) is 13.0 Å². The Morgan fingerprint density at radius 1 is 1.41 bits per heavy atom. The van der Waals surface area contributed by atoms with Crippen LogP contribution in [0.2, 0.25) is 0 Å². The normalized spacial score (nSPS) is 9.71. The van der Waals surface area contributed by atoms with Crippen molar-refractivity contribution in [1.82, 2.24) is 5.27 Å². The van der Waals surface area contributed by atoms with Gasteiger partial charge in [-0.2, -0.15) is 0 Å². The Morgan fingerprint density at radius 2 is 2.18 bits per heavy atom. The number of benzene rings is 1. The van der Waals surface area contributed by atoms with E-state index in [9.17, 15) is 0 Å². The van der Waals surface area contributed by atoms with E-state index in [4.69, 9.17) is 15.0 Å². The van der Waals surface area contributed by atoms with Crippen LogP contribution in [-0.4, -0.2) is 12.4 Å². The molecule has 92 valence electrons. The van der Waals surface area contributed by atoms with E-state index in [1.165, 1.54) is 0 Å². The van der Waals surface area contributed by atoms with Gasteiger partial charge in [-0.3, -0.25) is 4.52 Å². The number of nitrogen functional groups attached to an aromatic ring is 1. The Balaban J connectivity index is 0.00000144. The summed E-state index contributed by atoms with van der Waals surface area (Å²) in [6, 6.07) is 7.91. The summed E-state index contributed by atoms with van der Waals surface area (Å²) in [5.74, 6) is 1.21. The van der Waals surface area contributed by atoms with Crippen molar-refractivity contribution in [3.63, 3.8) is 0 Å². The fraction of sp³-hybridized carbons (Fsp3) is 0.273. The number of hydrogen-bond acceptors (Lipinski definition) is 4. The first-order valence-corrected chi connectivity index (χ1v) is 5.03. The van der Waals surface area contributed by atoms with E-state index in [0.717, 1.165) is 17.7 Å². The van der Waals surface area contributed by atoms with Crippen LogP contribution >= 0.6 is 0 Å². The van der Waals surface area contributed by atoms with Crippen LogP contribution in [0.1, 0.15) is 5.56 Å². The molecule has 0 aliphatic heterocycles. The van der Waals surface area contributed by atoms with Crippen LogP contribution in [0.3, 0.4) is 0 Å². The molecule has 0 saturated heterocycles. The maximum Gasteiger partial charge on any atom is 0.293 e. The maximum absolute atomic E-state index is 5.43. The molecule has 0 saturated carbocycles. The Bertz CT molecular complexity index is 473. The van der Waals surface area contributed by atoms with E-state index in [1.54, 1.807) is 18.0 Å². The summed E-state index contributed by atoms with van der Waals surface area (Å²) in [4.78, 5) is 0. The third kappa shape index (κ3) is 3.35. The zero-order chi connectivity index (χ0) is 11.4. The van der Waals surface area contributed by atoms with Gasteiger partial charge in [0.25, 0.3) is 12.1 Å². The summed E-state index contributed by atoms with van der Waals surface area (Å²) >= 11 is 0. The Labute approximate surface area is 106 Å². The number of para-hydroxylation sites is 1. The van der Waals surface area contributed by atoms with Gasteiger partial charge < -0.3 is 22.9 Å². The van der Waals surface area contributed by atoms with Gasteiger partial charge in [0, 0.05) is 12.0 Å². The van der Waals surface area contributed by atoms with Crippen LogP contribution in [0, 0.1) is 0 Å². The number of nitrogens with two attached hydrogens (primary N) is 1. The molecule has 6 heteroatoms. The van der Waals surface area contributed by atoms with Crippen LogP contribution in [-0.2, 0) is 13.0 Å². The maximum atomic E-state index is 5.43. The minimum absolute atomic E-state index is 0. The quantitative estimate of drug-likeness (QED) is 0.630. The second-order valence-electron chi connectivity index (χ2n) is 3.43. The monoisotopic (exact) mass is 255 g/mol. The predicted octanol–water partition coefficient (Wildman–Crippen LogP) is -2.20. The number of hydrogen-bond donors (Lipinski definition) is 1. The number of nitrogens with zero attached hydrogens (tertiary/aromatic N) is 2. The summed E-state index contributed by atoms with van der Waals surface area (Å²) in [5.41, 5.74) is 6.57. The van der Waals surface area contributed by atoms with Gasteiger partial charge in [0.05, 0.1) is 7.11 Å². The number of aromatic nitrogens is 2. The highest BCUT2D eigenvalue weighted by Gasteiger charge is 2.10. The molecule has 2 N–H and O–H groups in total. The van der Waals surface area contributed by atoms with E-state index in [2.05, 4.69) is 5.27 Å². The van der Waals surface area contributed by atoms with E-state index in [1.807, 2.05) is 24.3 Å². The standard InChI is InChI=1S/C11H14N3O2.ClH/c1-15-10-5-3-2-4-9(10)6-7-14-8-11(12)16-13-14;/h2-5,8H,6-7,12H2,1H3;1H/q+1;/p-1. The molecular formula is C11H14ClN3O2. The van der Waals surface area contributed by atoms with Crippen molar-refractivity contribution in [2.24, 2.45) is 0 Å². The molecule has 2 rings (SSSR count). The van der Waals surface area contributed by atoms with Crippen molar-refractivity contribution < 1.29 is 26.3 Å². The van der Waals surface area contributed by atoms with Gasteiger partial charge in [-0.1, -0.05) is 22.9 Å². The zero-order valence-electron chi connectivity index (χ0n) is 9.47. The third-order valence-electron chi connectivity index (χ3n) is 2.33. The van der Waals surface area contributed by atoms with E-state index in [-0.39, 0.29) is 12.4 Å². The van der Waals surface area contributed by atoms with Crippen molar-refractivity contribution >= 4 is 5.88 Å². The Kier molecular flexibility index (Phi) is 4.78. The first-order valence-electron chi connectivity index (χ1n) is 5.03. The molecule has 0 aliphatic carbocycles. The van der Waals surface area contributed by atoms with Crippen molar-refractivity contribution in [1.29, 1.82) is 0 Å². The molecule has 5 nitrogen and oxygen atoms in total. The third-order valence-corrected chi connectivity index (χ3v) is 2.33. The van der Waals surface area contributed by atoms with Gasteiger partial charge in [-0.05, 0) is 6.07 Å². The summed E-state index contributed by atoms with van der Waals surface area (Å²) in [7, 11) is 1.67. The average molecular weight is 256 g/mol. The van der Waals surface area contributed by atoms with Crippen LogP contribution < -0.4 is 27.6 Å². The van der Waals surface area contributed by atoms with E-state index in [0.29, 0.717) is 12.4 Å². The van der Waals surface area contributed by atoms with Crippen LogP contribution in [0.15, 0.2) is 35.0 Å². The fourth-order valence-electron chi connectivity index (χ4n) is 1.54. The SMILES string of the molecule is COc1ccccc1CC[n+]1cc(N)on1.[Cl-]. The van der Waals surface area contributed by atoms with E-state index >= 15 is 0 Å². The highest BCUT2D eigenvalue weighted by molar-refractivity contribution is 5.32. The minimum atomic E-state index is 0. The molecule has 0 spiro atoms. The van der Waals surface area contributed by atoms with Crippen molar-refractivity contribution in [3.05, 3.63) is 36.0 Å². The topological polar surface area (TPSA) is 65.2 Å². The van der Waals surface area contributed by atoms with Gasteiger partial charge in [0.1, 0.15) is 5.75 Å². The molecule has 2 aromatic rings.